The molecule has 0 unspecified atom stereocenters. The van der Waals surface area contributed by atoms with Crippen molar-refractivity contribution >= 4 is 22.8 Å². The van der Waals surface area contributed by atoms with Crippen LogP contribution in [0.15, 0.2) is 30.3 Å². The third-order valence-electron chi connectivity index (χ3n) is 4.98. The summed E-state index contributed by atoms with van der Waals surface area (Å²) < 4.78 is 9.18. The average molecular weight is 419 g/mol. The van der Waals surface area contributed by atoms with Crippen molar-refractivity contribution in [3.8, 4) is 11.6 Å². The zero-order chi connectivity index (χ0) is 22.3. The first kappa shape index (κ1) is 20.6. The summed E-state index contributed by atoms with van der Waals surface area (Å²) in [5.74, 6) is 0.703. The molecule has 8 heteroatoms. The molecule has 0 aliphatic carbocycles. The average Bonchev–Trinajstić information content (AvgIpc) is 3.19. The number of pyridine rings is 1. The van der Waals surface area contributed by atoms with Crippen molar-refractivity contribution in [1.82, 2.24) is 24.5 Å². The van der Waals surface area contributed by atoms with E-state index in [4.69, 9.17) is 4.74 Å². The molecule has 160 valence electrons. The van der Waals surface area contributed by atoms with E-state index in [1.807, 2.05) is 65.9 Å². The molecule has 8 nitrogen and oxygen atoms in total. The summed E-state index contributed by atoms with van der Waals surface area (Å²) in [6.07, 6.45) is 0. The van der Waals surface area contributed by atoms with Crippen molar-refractivity contribution in [3.63, 3.8) is 0 Å². The number of ether oxygens (including phenoxy) is 1. The van der Waals surface area contributed by atoms with Crippen LogP contribution in [0.2, 0.25) is 0 Å². The number of rotatable bonds is 5. The molecule has 0 bridgehead atoms. The SMILES string of the molecule is Cc1cc(C)cc(-n2nc(C)cc2NC(=O)COc2nn(C)c3nc(C)cc(C)c23)c1. The molecule has 4 aromatic rings. The van der Waals surface area contributed by atoms with E-state index in [0.717, 1.165) is 44.8 Å². The molecule has 0 aliphatic heterocycles. The van der Waals surface area contributed by atoms with Gasteiger partial charge in [-0.3, -0.25) is 4.79 Å². The lowest BCUT2D eigenvalue weighted by Crippen LogP contribution is -2.22. The molecule has 1 N–H and O–H groups in total. The van der Waals surface area contributed by atoms with E-state index in [9.17, 15) is 4.79 Å². The highest BCUT2D eigenvalue weighted by Crippen LogP contribution is 2.27. The summed E-state index contributed by atoms with van der Waals surface area (Å²) in [5.41, 5.74) is 6.62. The largest absolute Gasteiger partial charge is 0.466 e. The lowest BCUT2D eigenvalue weighted by Gasteiger charge is -2.11. The van der Waals surface area contributed by atoms with Gasteiger partial charge in [-0.05, 0) is 69.5 Å². The maximum atomic E-state index is 12.7. The van der Waals surface area contributed by atoms with Crippen molar-refractivity contribution in [3.05, 3.63) is 58.4 Å². The van der Waals surface area contributed by atoms with Crippen LogP contribution in [0.5, 0.6) is 5.88 Å². The number of fused-ring (bicyclic) bond motifs is 1. The molecule has 3 heterocycles. The van der Waals surface area contributed by atoms with Gasteiger partial charge < -0.3 is 10.1 Å². The van der Waals surface area contributed by atoms with Crippen LogP contribution in [0.1, 0.15) is 28.1 Å². The molecular formula is C23H26N6O2. The van der Waals surface area contributed by atoms with E-state index in [0.29, 0.717) is 11.7 Å². The molecule has 0 fully saturated rings. The monoisotopic (exact) mass is 418 g/mol. The van der Waals surface area contributed by atoms with E-state index in [1.54, 1.807) is 9.36 Å². The normalized spacial score (nSPS) is 11.2. The zero-order valence-corrected chi connectivity index (χ0v) is 18.6. The van der Waals surface area contributed by atoms with Crippen LogP contribution in [0, 0.1) is 34.6 Å². The second-order valence-electron chi connectivity index (χ2n) is 7.97. The number of anilines is 1. The Balaban J connectivity index is 1.54. The molecule has 1 aromatic carbocycles. The van der Waals surface area contributed by atoms with Crippen molar-refractivity contribution in [1.29, 1.82) is 0 Å². The summed E-state index contributed by atoms with van der Waals surface area (Å²) in [5, 5.41) is 12.7. The maximum Gasteiger partial charge on any atom is 0.263 e. The fourth-order valence-corrected chi connectivity index (χ4v) is 3.82. The predicted molar refractivity (Wildman–Crippen MR) is 120 cm³/mol. The Morgan fingerprint density at radius 1 is 0.968 bits per heavy atom. The molecule has 0 atom stereocenters. The molecule has 4 rings (SSSR count). The van der Waals surface area contributed by atoms with Crippen LogP contribution >= 0.6 is 0 Å². The van der Waals surface area contributed by atoms with Crippen LogP contribution < -0.4 is 10.1 Å². The summed E-state index contributed by atoms with van der Waals surface area (Å²) >= 11 is 0. The van der Waals surface area contributed by atoms with Crippen LogP contribution in [-0.2, 0) is 11.8 Å². The van der Waals surface area contributed by atoms with Gasteiger partial charge >= 0.3 is 0 Å². The highest BCUT2D eigenvalue weighted by atomic mass is 16.5. The van der Waals surface area contributed by atoms with Crippen LogP contribution in [0.25, 0.3) is 16.7 Å². The van der Waals surface area contributed by atoms with E-state index in [1.165, 1.54) is 0 Å². The number of aromatic nitrogens is 5. The molecule has 31 heavy (non-hydrogen) atoms. The number of aryl methyl sites for hydroxylation is 6. The van der Waals surface area contributed by atoms with Gasteiger partial charge in [0.15, 0.2) is 12.3 Å². The van der Waals surface area contributed by atoms with E-state index in [-0.39, 0.29) is 12.5 Å². The molecule has 0 aliphatic rings. The van der Waals surface area contributed by atoms with Crippen LogP contribution in [0.3, 0.4) is 0 Å². The highest BCUT2D eigenvalue weighted by Gasteiger charge is 2.17. The molecule has 0 saturated carbocycles. The highest BCUT2D eigenvalue weighted by molar-refractivity contribution is 5.92. The van der Waals surface area contributed by atoms with Gasteiger partial charge in [-0.25, -0.2) is 14.3 Å². The maximum absolute atomic E-state index is 12.7. The van der Waals surface area contributed by atoms with Crippen LogP contribution in [-0.4, -0.2) is 37.1 Å². The quantitative estimate of drug-likeness (QED) is 0.534. The van der Waals surface area contributed by atoms with Gasteiger partial charge in [-0.15, -0.1) is 5.10 Å². The molecule has 0 spiro atoms. The predicted octanol–water partition coefficient (Wildman–Crippen LogP) is 3.71. The Morgan fingerprint density at radius 3 is 2.39 bits per heavy atom. The van der Waals surface area contributed by atoms with Gasteiger partial charge in [0.2, 0.25) is 5.88 Å². The van der Waals surface area contributed by atoms with E-state index >= 15 is 0 Å². The molecular weight excluding hydrogens is 392 g/mol. The zero-order valence-electron chi connectivity index (χ0n) is 18.6. The number of nitrogens with one attached hydrogen (secondary N) is 1. The molecule has 0 radical (unpaired) electrons. The Kier molecular flexibility index (Phi) is 5.22. The van der Waals surface area contributed by atoms with E-state index in [2.05, 4.69) is 26.6 Å². The first-order valence-corrected chi connectivity index (χ1v) is 10.1. The number of carbonyl (C=O) groups is 1. The lowest BCUT2D eigenvalue weighted by atomic mass is 10.1. The molecule has 3 aromatic heterocycles. The first-order chi connectivity index (χ1) is 14.7. The van der Waals surface area contributed by atoms with Crippen molar-refractivity contribution in [2.24, 2.45) is 7.05 Å². The summed E-state index contributed by atoms with van der Waals surface area (Å²) in [4.78, 5) is 17.2. The first-order valence-electron chi connectivity index (χ1n) is 10.1. The minimum absolute atomic E-state index is 0.170. The Hall–Kier alpha value is -3.68. The van der Waals surface area contributed by atoms with Crippen LogP contribution in [0.4, 0.5) is 5.82 Å². The minimum atomic E-state index is -0.290. The van der Waals surface area contributed by atoms with Crippen molar-refractivity contribution in [2.45, 2.75) is 34.6 Å². The van der Waals surface area contributed by atoms with Gasteiger partial charge in [0, 0.05) is 18.8 Å². The second-order valence-corrected chi connectivity index (χ2v) is 7.97. The third-order valence-corrected chi connectivity index (χ3v) is 4.98. The fraction of sp³-hybridized carbons (Fsp3) is 0.304. The lowest BCUT2D eigenvalue weighted by molar-refractivity contribution is -0.118. The van der Waals surface area contributed by atoms with Crippen molar-refractivity contribution in [2.75, 3.05) is 11.9 Å². The molecule has 0 saturated heterocycles. The van der Waals surface area contributed by atoms with Gasteiger partial charge in [0.05, 0.1) is 16.8 Å². The molecule has 1 amide bonds. The summed E-state index contributed by atoms with van der Waals surface area (Å²) in [6.45, 7) is 9.72. The smallest absolute Gasteiger partial charge is 0.263 e. The number of hydrogen-bond acceptors (Lipinski definition) is 5. The van der Waals surface area contributed by atoms with Gasteiger partial charge in [-0.2, -0.15) is 5.10 Å². The van der Waals surface area contributed by atoms with Gasteiger partial charge in [0.25, 0.3) is 5.91 Å². The fourth-order valence-electron chi connectivity index (χ4n) is 3.82. The van der Waals surface area contributed by atoms with Gasteiger partial charge in [-0.1, -0.05) is 6.07 Å². The number of hydrogen-bond donors (Lipinski definition) is 1. The van der Waals surface area contributed by atoms with E-state index < -0.39 is 0 Å². The Morgan fingerprint density at radius 2 is 1.68 bits per heavy atom. The second kappa shape index (κ2) is 7.86. The minimum Gasteiger partial charge on any atom is -0.466 e. The van der Waals surface area contributed by atoms with Crippen molar-refractivity contribution < 1.29 is 9.53 Å². The van der Waals surface area contributed by atoms with Gasteiger partial charge in [0.1, 0.15) is 5.82 Å². The number of carbonyl (C=O) groups excluding carboxylic acids is 1. The number of benzene rings is 1. The Labute approximate surface area is 180 Å². The summed E-state index contributed by atoms with van der Waals surface area (Å²) in [7, 11) is 1.81. The topological polar surface area (TPSA) is 86.9 Å². The Bertz CT molecular complexity index is 1280. The summed E-state index contributed by atoms with van der Waals surface area (Å²) in [6, 6.07) is 9.97. The third kappa shape index (κ3) is 4.14. The number of amides is 1. The standard InChI is InChI=1S/C23H26N6O2/c1-13-7-14(2)9-18(8-13)29-19(11-17(5)26-29)25-20(30)12-31-23-21-15(3)10-16(4)24-22(21)28(6)27-23/h7-11H,12H2,1-6H3,(H,25,30). The number of nitrogens with zero attached hydrogens (tertiary/aromatic N) is 5.